The highest BCUT2D eigenvalue weighted by Crippen LogP contribution is 2.35. The summed E-state index contributed by atoms with van der Waals surface area (Å²) in [6.07, 6.45) is -4.97. The van der Waals surface area contributed by atoms with Crippen molar-refractivity contribution < 1.29 is 41.0 Å². The lowest BCUT2D eigenvalue weighted by molar-refractivity contribution is -0.275. The minimum atomic E-state index is -5.16. The summed E-state index contributed by atoms with van der Waals surface area (Å²) in [7, 11) is 0. The number of aldehydes is 2. The molecule has 0 amide bonds. The van der Waals surface area contributed by atoms with Gasteiger partial charge in [-0.05, 0) is 12.1 Å². The van der Waals surface area contributed by atoms with E-state index >= 15 is 0 Å². The van der Waals surface area contributed by atoms with Gasteiger partial charge in [0.25, 0.3) is 0 Å². The molecule has 0 fully saturated rings. The second kappa shape index (κ2) is 5.63. The van der Waals surface area contributed by atoms with Crippen LogP contribution in [0.1, 0.15) is 20.7 Å². The van der Waals surface area contributed by atoms with Crippen LogP contribution in [-0.2, 0) is 0 Å². The molecule has 9 heteroatoms. The maximum absolute atomic E-state index is 12.1. The molecule has 0 aromatic heterocycles. The smallest absolute Gasteiger partial charge is 0.431 e. The van der Waals surface area contributed by atoms with Crippen molar-refractivity contribution in [3.8, 4) is 11.5 Å². The summed E-state index contributed by atoms with van der Waals surface area (Å²) < 4.78 is 67.5. The summed E-state index contributed by atoms with van der Waals surface area (Å²) in [5.41, 5.74) is -0.851. The fourth-order valence-corrected chi connectivity index (χ4v) is 1.19. The predicted octanol–water partition coefficient (Wildman–Crippen LogP) is 2.81. The van der Waals surface area contributed by atoms with Crippen molar-refractivity contribution in [2.24, 2.45) is 0 Å². The summed E-state index contributed by atoms with van der Waals surface area (Å²) >= 11 is 0. The van der Waals surface area contributed by atoms with Crippen LogP contribution < -0.4 is 9.47 Å². The van der Waals surface area contributed by atoms with Crippen LogP contribution in [0.3, 0.4) is 0 Å². The van der Waals surface area contributed by atoms with Crippen LogP contribution in [0.5, 0.6) is 11.5 Å². The van der Waals surface area contributed by atoms with Gasteiger partial charge < -0.3 is 9.47 Å². The zero-order valence-corrected chi connectivity index (χ0v) is 8.91. The number of rotatable bonds is 5. The first-order chi connectivity index (χ1) is 8.76. The maximum Gasteiger partial charge on any atom is 0.573 e. The lowest BCUT2D eigenvalue weighted by Crippen LogP contribution is -2.18. The molecule has 0 unspecified atom stereocenters. The first-order valence-electron chi connectivity index (χ1n) is 4.55. The fraction of sp³-hybridized carbons (Fsp3) is 0.200. The van der Waals surface area contributed by atoms with Crippen LogP contribution >= 0.6 is 0 Å². The van der Waals surface area contributed by atoms with E-state index in [1.54, 1.807) is 0 Å². The Hall–Kier alpha value is -2.19. The molecule has 0 aliphatic carbocycles. The number of ether oxygens (including phenoxy) is 2. The van der Waals surface area contributed by atoms with Crippen molar-refractivity contribution >= 4 is 12.6 Å². The first-order valence-corrected chi connectivity index (χ1v) is 4.55. The van der Waals surface area contributed by atoms with E-state index in [4.69, 9.17) is 0 Å². The van der Waals surface area contributed by atoms with E-state index in [1.165, 1.54) is 0 Å². The van der Waals surface area contributed by atoms with Crippen molar-refractivity contribution in [2.45, 2.75) is 13.0 Å². The molecule has 0 bridgehead atoms. The van der Waals surface area contributed by atoms with E-state index in [0.717, 1.165) is 0 Å². The molecule has 0 radical (unpaired) electrons. The average Bonchev–Trinajstić information content (AvgIpc) is 2.28. The van der Waals surface area contributed by atoms with Gasteiger partial charge in [-0.25, -0.2) is 0 Å². The van der Waals surface area contributed by atoms with Gasteiger partial charge in [-0.1, -0.05) is 0 Å². The lowest BCUT2D eigenvalue weighted by atomic mass is 10.1. The zero-order chi connectivity index (χ0) is 14.6. The molecule has 0 atom stereocenters. The molecule has 1 aromatic carbocycles. The fourth-order valence-electron chi connectivity index (χ4n) is 1.19. The highest BCUT2D eigenvalue weighted by atomic mass is 19.4. The van der Waals surface area contributed by atoms with Crippen molar-refractivity contribution in [3.63, 3.8) is 0 Å². The predicted molar refractivity (Wildman–Crippen MR) is 50.5 cm³/mol. The third-order valence-electron chi connectivity index (χ3n) is 1.85. The third kappa shape index (κ3) is 4.19. The van der Waals surface area contributed by atoms with Crippen LogP contribution in [0.15, 0.2) is 12.1 Å². The molecular weight excluding hydrogens is 279 g/mol. The number of hydrogen-bond acceptors (Lipinski definition) is 4. The lowest BCUT2D eigenvalue weighted by Gasteiger charge is -2.14. The van der Waals surface area contributed by atoms with Gasteiger partial charge in [0.2, 0.25) is 0 Å². The monoisotopic (exact) mass is 284 g/mol. The molecule has 0 spiro atoms. The Morgan fingerprint density at radius 1 is 1.00 bits per heavy atom. The van der Waals surface area contributed by atoms with Crippen LogP contribution in [0.25, 0.3) is 0 Å². The molecule has 4 nitrogen and oxygen atoms in total. The zero-order valence-electron chi connectivity index (χ0n) is 8.91. The number of hydrogen-bond donors (Lipinski definition) is 0. The normalized spacial score (nSPS) is 11.3. The van der Waals surface area contributed by atoms with E-state index in [0.29, 0.717) is 12.1 Å². The van der Waals surface area contributed by atoms with Gasteiger partial charge in [0.05, 0.1) is 0 Å². The van der Waals surface area contributed by atoms with Crippen molar-refractivity contribution in [2.75, 3.05) is 0 Å². The Kier molecular flexibility index (Phi) is 4.41. The molecule has 0 N–H and O–H groups in total. The molecule has 104 valence electrons. The van der Waals surface area contributed by atoms with Gasteiger partial charge >= 0.3 is 13.0 Å². The highest BCUT2D eigenvalue weighted by Gasteiger charge is 2.33. The Morgan fingerprint density at radius 3 is 1.84 bits per heavy atom. The van der Waals surface area contributed by atoms with Crippen LogP contribution in [0.2, 0.25) is 0 Å². The van der Waals surface area contributed by atoms with Crippen molar-refractivity contribution in [3.05, 3.63) is 23.3 Å². The Balaban J connectivity index is 3.31. The van der Waals surface area contributed by atoms with Gasteiger partial charge in [-0.3, -0.25) is 9.59 Å². The second-order valence-corrected chi connectivity index (χ2v) is 3.09. The number of carbonyl (C=O) groups is 2. The largest absolute Gasteiger partial charge is 0.573 e. The quantitative estimate of drug-likeness (QED) is 0.616. The third-order valence-corrected chi connectivity index (χ3v) is 1.85. The Labute approximate surface area is 102 Å². The van der Waals surface area contributed by atoms with Crippen LogP contribution in [-0.4, -0.2) is 25.5 Å². The molecule has 1 aromatic rings. The van der Waals surface area contributed by atoms with Crippen molar-refractivity contribution in [1.29, 1.82) is 0 Å². The SMILES string of the molecule is O=Cc1cc(OC(F)F)c(OC(F)(F)F)cc1C=O. The molecule has 0 heterocycles. The molecule has 0 saturated carbocycles. The number of carbonyl (C=O) groups excluding carboxylic acids is 2. The van der Waals surface area contributed by atoms with E-state index in [9.17, 15) is 31.5 Å². The Morgan fingerprint density at radius 2 is 1.47 bits per heavy atom. The van der Waals surface area contributed by atoms with Gasteiger partial charge in [-0.2, -0.15) is 8.78 Å². The minimum absolute atomic E-state index is 0.0825. The van der Waals surface area contributed by atoms with Crippen molar-refractivity contribution in [1.82, 2.24) is 0 Å². The topological polar surface area (TPSA) is 52.6 Å². The summed E-state index contributed by atoms with van der Waals surface area (Å²) in [5, 5.41) is 0. The van der Waals surface area contributed by atoms with Gasteiger partial charge in [-0.15, -0.1) is 13.2 Å². The summed E-state index contributed by atoms with van der Waals surface area (Å²) in [6, 6.07) is 1.05. The molecule has 19 heavy (non-hydrogen) atoms. The van der Waals surface area contributed by atoms with Gasteiger partial charge in [0.15, 0.2) is 24.1 Å². The molecule has 0 aliphatic heterocycles. The molecular formula is C10H5F5O4. The van der Waals surface area contributed by atoms with E-state index in [2.05, 4.69) is 9.47 Å². The minimum Gasteiger partial charge on any atom is -0.431 e. The summed E-state index contributed by atoms with van der Waals surface area (Å²) in [6.45, 7) is -3.42. The van der Waals surface area contributed by atoms with E-state index < -0.39 is 35.6 Å². The van der Waals surface area contributed by atoms with Gasteiger partial charge in [0.1, 0.15) is 0 Å². The van der Waals surface area contributed by atoms with E-state index in [1.807, 2.05) is 0 Å². The second-order valence-electron chi connectivity index (χ2n) is 3.09. The number of benzene rings is 1. The summed E-state index contributed by atoms with van der Waals surface area (Å²) in [4.78, 5) is 21.1. The standard InChI is InChI=1S/C10H5F5O4/c11-9(12)18-7-1-5(3-16)6(4-17)2-8(7)19-10(13,14)15/h1-4,9H. The maximum atomic E-state index is 12.1. The van der Waals surface area contributed by atoms with Crippen LogP contribution in [0.4, 0.5) is 22.0 Å². The van der Waals surface area contributed by atoms with Gasteiger partial charge in [0, 0.05) is 11.1 Å². The molecule has 1 rings (SSSR count). The Bertz CT molecular complexity index is 484. The number of alkyl halides is 5. The molecule has 0 saturated heterocycles. The molecule has 0 aliphatic rings. The van der Waals surface area contributed by atoms with Crippen LogP contribution in [0, 0.1) is 0 Å². The average molecular weight is 284 g/mol. The summed E-state index contributed by atoms with van der Waals surface area (Å²) in [5.74, 6) is -2.14. The first kappa shape index (κ1) is 14.9. The van der Waals surface area contributed by atoms with E-state index in [-0.39, 0.29) is 12.6 Å². The highest BCUT2D eigenvalue weighted by molar-refractivity contribution is 5.91. The number of halogens is 5.